The first-order valence-electron chi connectivity index (χ1n) is 7.00. The van der Waals surface area contributed by atoms with Crippen LogP contribution in [0.15, 0.2) is 30.3 Å². The van der Waals surface area contributed by atoms with Gasteiger partial charge in [-0.05, 0) is 18.4 Å². The Labute approximate surface area is 125 Å². The van der Waals surface area contributed by atoms with Crippen LogP contribution in [0.1, 0.15) is 32.8 Å². The van der Waals surface area contributed by atoms with Crippen molar-refractivity contribution in [2.24, 2.45) is 5.92 Å². The van der Waals surface area contributed by atoms with Crippen LogP contribution in [0.4, 0.5) is 0 Å². The van der Waals surface area contributed by atoms with Gasteiger partial charge in [-0.25, -0.2) is 0 Å². The number of hydrogen-bond donors (Lipinski definition) is 3. The summed E-state index contributed by atoms with van der Waals surface area (Å²) in [6.07, 6.45) is -0.171. The normalized spacial score (nSPS) is 15.3. The highest BCUT2D eigenvalue weighted by molar-refractivity contribution is 5.89. The molecule has 0 bridgehead atoms. The molecule has 0 aliphatic heterocycles. The second-order valence-electron chi connectivity index (χ2n) is 5.78. The molecule has 0 radical (unpaired) electrons. The van der Waals surface area contributed by atoms with Gasteiger partial charge in [-0.3, -0.25) is 9.59 Å². The molecule has 116 valence electrons. The molecule has 0 aliphatic rings. The lowest BCUT2D eigenvalue weighted by atomic mass is 9.79. The van der Waals surface area contributed by atoms with Crippen LogP contribution in [0.25, 0.3) is 0 Å². The summed E-state index contributed by atoms with van der Waals surface area (Å²) in [4.78, 5) is 23.7. The number of hydrogen-bond acceptors (Lipinski definition) is 3. The van der Waals surface area contributed by atoms with Crippen molar-refractivity contribution in [2.75, 3.05) is 6.61 Å². The zero-order valence-corrected chi connectivity index (χ0v) is 12.7. The Kier molecular flexibility index (Phi) is 5.90. The lowest BCUT2D eigenvalue weighted by Crippen LogP contribution is -2.45. The molecule has 0 heterocycles. The summed E-state index contributed by atoms with van der Waals surface area (Å²) < 4.78 is 0. The Hall–Kier alpha value is -1.88. The van der Waals surface area contributed by atoms with Gasteiger partial charge in [0.1, 0.15) is 0 Å². The first kappa shape index (κ1) is 17.2. The number of aliphatic hydroxyl groups excluding tert-OH is 1. The smallest absolute Gasteiger partial charge is 0.314 e. The van der Waals surface area contributed by atoms with Gasteiger partial charge in [-0.15, -0.1) is 0 Å². The number of carboxylic acids is 1. The maximum atomic E-state index is 12.1. The fourth-order valence-electron chi connectivity index (χ4n) is 2.11. The molecule has 0 spiro atoms. The molecule has 0 saturated heterocycles. The molecule has 0 fully saturated rings. The van der Waals surface area contributed by atoms with E-state index < -0.39 is 11.4 Å². The second kappa shape index (κ2) is 7.22. The molecule has 2 unspecified atom stereocenters. The van der Waals surface area contributed by atoms with Crippen molar-refractivity contribution in [2.45, 2.75) is 38.6 Å². The van der Waals surface area contributed by atoms with Crippen LogP contribution in [0.3, 0.4) is 0 Å². The predicted octanol–water partition coefficient (Wildman–Crippen LogP) is 1.55. The van der Waals surface area contributed by atoms with Gasteiger partial charge >= 0.3 is 5.97 Å². The third-order valence-electron chi connectivity index (χ3n) is 3.74. The number of carbonyl (C=O) groups is 2. The zero-order chi connectivity index (χ0) is 16.0. The van der Waals surface area contributed by atoms with E-state index in [-0.39, 0.29) is 30.9 Å². The van der Waals surface area contributed by atoms with Gasteiger partial charge in [-0.2, -0.15) is 0 Å². The van der Waals surface area contributed by atoms with Crippen molar-refractivity contribution in [1.29, 1.82) is 0 Å². The molecule has 1 aromatic rings. The number of carbonyl (C=O) groups excluding carboxylic acids is 1. The minimum Gasteiger partial charge on any atom is -0.481 e. The van der Waals surface area contributed by atoms with Gasteiger partial charge in [-0.1, -0.05) is 44.2 Å². The van der Waals surface area contributed by atoms with E-state index in [9.17, 15) is 19.8 Å². The number of nitrogens with one attached hydrogen (secondary N) is 1. The van der Waals surface area contributed by atoms with E-state index in [0.717, 1.165) is 0 Å². The van der Waals surface area contributed by atoms with Crippen LogP contribution in [0, 0.1) is 5.92 Å². The average molecular weight is 293 g/mol. The average Bonchev–Trinajstić information content (AvgIpc) is 2.45. The predicted molar refractivity (Wildman–Crippen MR) is 79.9 cm³/mol. The molecule has 21 heavy (non-hydrogen) atoms. The Morgan fingerprint density at radius 1 is 1.24 bits per heavy atom. The van der Waals surface area contributed by atoms with E-state index in [1.165, 1.54) is 6.92 Å². The summed E-state index contributed by atoms with van der Waals surface area (Å²) >= 11 is 0. The molecular formula is C16H23NO4. The minimum absolute atomic E-state index is 0.0757. The molecule has 3 N–H and O–H groups in total. The topological polar surface area (TPSA) is 86.6 Å². The van der Waals surface area contributed by atoms with E-state index >= 15 is 0 Å². The summed E-state index contributed by atoms with van der Waals surface area (Å²) in [6.45, 7) is 5.13. The van der Waals surface area contributed by atoms with Gasteiger partial charge in [0.2, 0.25) is 5.91 Å². The van der Waals surface area contributed by atoms with Gasteiger partial charge in [0, 0.05) is 6.42 Å². The highest BCUT2D eigenvalue weighted by Crippen LogP contribution is 2.28. The zero-order valence-electron chi connectivity index (χ0n) is 12.7. The lowest BCUT2D eigenvalue weighted by molar-refractivity contribution is -0.145. The van der Waals surface area contributed by atoms with E-state index in [4.69, 9.17) is 0 Å². The van der Waals surface area contributed by atoms with E-state index in [0.29, 0.717) is 5.56 Å². The number of amides is 1. The van der Waals surface area contributed by atoms with Crippen molar-refractivity contribution in [3.63, 3.8) is 0 Å². The Balaban J connectivity index is 2.89. The summed E-state index contributed by atoms with van der Waals surface area (Å²) in [7, 11) is 0. The standard InChI is InChI=1S/C16H23NO4/c1-11(2)13(10-18)17-14(19)9-16(3,15(20)21)12-7-5-4-6-8-12/h4-8,11,13,18H,9-10H2,1-3H3,(H,17,19)(H,20,21). The second-order valence-corrected chi connectivity index (χ2v) is 5.78. The highest BCUT2D eigenvalue weighted by Gasteiger charge is 2.37. The summed E-state index contributed by atoms with van der Waals surface area (Å²) in [5, 5.41) is 21.4. The Bertz CT molecular complexity index is 486. The Morgan fingerprint density at radius 2 is 1.81 bits per heavy atom. The fraction of sp³-hybridized carbons (Fsp3) is 0.500. The molecule has 0 aromatic heterocycles. The number of rotatable bonds is 7. The number of benzene rings is 1. The van der Waals surface area contributed by atoms with Crippen LogP contribution < -0.4 is 5.32 Å². The van der Waals surface area contributed by atoms with Gasteiger partial charge in [0.15, 0.2) is 0 Å². The third-order valence-corrected chi connectivity index (χ3v) is 3.74. The molecule has 1 rings (SSSR count). The van der Waals surface area contributed by atoms with Gasteiger partial charge in [0.05, 0.1) is 18.1 Å². The summed E-state index contributed by atoms with van der Waals surface area (Å²) in [6, 6.07) is 8.33. The van der Waals surface area contributed by atoms with E-state index in [1.807, 2.05) is 13.8 Å². The van der Waals surface area contributed by atoms with Crippen LogP contribution in [0.2, 0.25) is 0 Å². The highest BCUT2D eigenvalue weighted by atomic mass is 16.4. The van der Waals surface area contributed by atoms with E-state index in [1.54, 1.807) is 30.3 Å². The minimum atomic E-state index is -1.29. The fourth-order valence-corrected chi connectivity index (χ4v) is 2.11. The molecule has 5 nitrogen and oxygen atoms in total. The van der Waals surface area contributed by atoms with Crippen molar-refractivity contribution < 1.29 is 19.8 Å². The Morgan fingerprint density at radius 3 is 2.24 bits per heavy atom. The third kappa shape index (κ3) is 4.29. The summed E-state index contributed by atoms with van der Waals surface area (Å²) in [5.74, 6) is -1.35. The van der Waals surface area contributed by atoms with E-state index in [2.05, 4.69) is 5.32 Å². The van der Waals surface area contributed by atoms with Crippen molar-refractivity contribution in [3.8, 4) is 0 Å². The SMILES string of the molecule is CC(C)C(CO)NC(=O)CC(C)(C(=O)O)c1ccccc1. The van der Waals surface area contributed by atoms with Crippen LogP contribution in [-0.4, -0.2) is 34.7 Å². The monoisotopic (exact) mass is 293 g/mol. The molecular weight excluding hydrogens is 270 g/mol. The van der Waals surface area contributed by atoms with Gasteiger partial charge in [0.25, 0.3) is 0 Å². The largest absolute Gasteiger partial charge is 0.481 e. The maximum absolute atomic E-state index is 12.1. The van der Waals surface area contributed by atoms with Crippen LogP contribution in [0.5, 0.6) is 0 Å². The number of aliphatic hydroxyl groups is 1. The lowest BCUT2D eigenvalue weighted by Gasteiger charge is -2.27. The first-order chi connectivity index (χ1) is 9.81. The van der Waals surface area contributed by atoms with Crippen molar-refractivity contribution in [1.82, 2.24) is 5.32 Å². The molecule has 0 aliphatic carbocycles. The van der Waals surface area contributed by atoms with Crippen LogP contribution in [-0.2, 0) is 15.0 Å². The molecule has 1 aromatic carbocycles. The van der Waals surface area contributed by atoms with Gasteiger partial charge < -0.3 is 15.5 Å². The number of aliphatic carboxylic acids is 1. The molecule has 0 saturated carbocycles. The van der Waals surface area contributed by atoms with Crippen molar-refractivity contribution in [3.05, 3.63) is 35.9 Å². The van der Waals surface area contributed by atoms with Crippen molar-refractivity contribution >= 4 is 11.9 Å². The summed E-state index contributed by atoms with van der Waals surface area (Å²) in [5.41, 5.74) is -0.708. The molecule has 2 atom stereocenters. The quantitative estimate of drug-likeness (QED) is 0.712. The first-order valence-corrected chi connectivity index (χ1v) is 7.00. The number of carboxylic acid groups (broad SMARTS) is 1. The molecule has 5 heteroatoms. The molecule has 1 amide bonds. The maximum Gasteiger partial charge on any atom is 0.314 e. The van der Waals surface area contributed by atoms with Crippen LogP contribution >= 0.6 is 0 Å².